The quantitative estimate of drug-likeness (QED) is 0.739. The van der Waals surface area contributed by atoms with Gasteiger partial charge in [-0.2, -0.15) is 0 Å². The highest BCUT2D eigenvalue weighted by Crippen LogP contribution is 2.21. The number of methoxy groups -OCH3 is 1. The van der Waals surface area contributed by atoms with Crippen molar-refractivity contribution in [1.82, 2.24) is 9.47 Å². The van der Waals surface area contributed by atoms with Crippen molar-refractivity contribution in [2.75, 3.05) is 13.7 Å². The number of esters is 1. The molecule has 0 radical (unpaired) electrons. The van der Waals surface area contributed by atoms with Crippen LogP contribution in [0.5, 0.6) is 0 Å². The van der Waals surface area contributed by atoms with Gasteiger partial charge in [0.2, 0.25) is 0 Å². The van der Waals surface area contributed by atoms with Crippen molar-refractivity contribution < 1.29 is 14.3 Å². The summed E-state index contributed by atoms with van der Waals surface area (Å²) in [5.41, 5.74) is 1.63. The molecule has 5 heteroatoms. The van der Waals surface area contributed by atoms with Gasteiger partial charge in [-0.15, -0.1) is 0 Å². The molecule has 5 nitrogen and oxygen atoms in total. The monoisotopic (exact) mass is 250 g/mol. The molecule has 18 heavy (non-hydrogen) atoms. The van der Waals surface area contributed by atoms with E-state index in [2.05, 4.69) is 0 Å². The maximum absolute atomic E-state index is 12.4. The molecule has 0 bridgehead atoms. The van der Waals surface area contributed by atoms with Gasteiger partial charge in [-0.1, -0.05) is 0 Å². The molecule has 0 N–H and O–H groups in total. The third-order valence-corrected chi connectivity index (χ3v) is 3.58. The number of aryl methyl sites for hydroxylation is 1. The second-order valence-corrected chi connectivity index (χ2v) is 4.60. The Labute approximate surface area is 106 Å². The van der Waals surface area contributed by atoms with Crippen LogP contribution in [0.2, 0.25) is 0 Å². The highest BCUT2D eigenvalue weighted by molar-refractivity contribution is 5.96. The molecular formula is C13H18N2O3. The fourth-order valence-corrected chi connectivity index (χ4v) is 2.37. The van der Waals surface area contributed by atoms with Gasteiger partial charge in [-0.3, -0.25) is 4.79 Å². The van der Waals surface area contributed by atoms with Crippen molar-refractivity contribution in [3.8, 4) is 0 Å². The lowest BCUT2D eigenvalue weighted by molar-refractivity contribution is -0.145. The maximum Gasteiger partial charge on any atom is 0.328 e. The van der Waals surface area contributed by atoms with Crippen molar-refractivity contribution in [3.63, 3.8) is 0 Å². The van der Waals surface area contributed by atoms with Crippen LogP contribution in [0.15, 0.2) is 12.1 Å². The van der Waals surface area contributed by atoms with Gasteiger partial charge in [0.15, 0.2) is 0 Å². The number of ether oxygens (including phenoxy) is 1. The zero-order valence-corrected chi connectivity index (χ0v) is 11.0. The summed E-state index contributed by atoms with van der Waals surface area (Å²) in [4.78, 5) is 25.6. The van der Waals surface area contributed by atoms with E-state index >= 15 is 0 Å². The molecule has 0 aromatic carbocycles. The first-order valence-electron chi connectivity index (χ1n) is 6.07. The van der Waals surface area contributed by atoms with E-state index in [1.165, 1.54) is 7.11 Å². The Kier molecular flexibility index (Phi) is 3.41. The summed E-state index contributed by atoms with van der Waals surface area (Å²) in [6.45, 7) is 2.56. The number of amides is 1. The van der Waals surface area contributed by atoms with Gasteiger partial charge in [-0.05, 0) is 31.9 Å². The number of likely N-dealkylation sites (tertiary alicyclic amines) is 1. The molecule has 2 heterocycles. The maximum atomic E-state index is 12.4. The molecule has 1 saturated heterocycles. The average molecular weight is 250 g/mol. The van der Waals surface area contributed by atoms with Crippen LogP contribution in [-0.2, 0) is 16.6 Å². The smallest absolute Gasteiger partial charge is 0.328 e. The zero-order chi connectivity index (χ0) is 13.3. The first kappa shape index (κ1) is 12.7. The largest absolute Gasteiger partial charge is 0.467 e. The van der Waals surface area contributed by atoms with Crippen LogP contribution in [0.3, 0.4) is 0 Å². The fraction of sp³-hybridized carbons (Fsp3) is 0.538. The molecule has 0 aliphatic carbocycles. The van der Waals surface area contributed by atoms with Crippen molar-refractivity contribution in [1.29, 1.82) is 0 Å². The van der Waals surface area contributed by atoms with Crippen LogP contribution < -0.4 is 0 Å². The third kappa shape index (κ3) is 2.00. The number of hydrogen-bond donors (Lipinski definition) is 0. The predicted octanol–water partition coefficient (Wildman–Crippen LogP) is 1.11. The molecule has 1 aliphatic rings. The van der Waals surface area contributed by atoms with Gasteiger partial charge < -0.3 is 14.2 Å². The van der Waals surface area contributed by atoms with Crippen molar-refractivity contribution in [2.45, 2.75) is 25.8 Å². The Morgan fingerprint density at radius 1 is 1.39 bits per heavy atom. The lowest BCUT2D eigenvalue weighted by Gasteiger charge is -2.22. The molecular weight excluding hydrogens is 232 g/mol. The standard InChI is InChI=1S/C13H18N2O3/c1-9-6-7-10(14(9)2)12(16)15-8-4-5-11(15)13(17)18-3/h6-7,11H,4-5,8H2,1-3H3. The van der Waals surface area contributed by atoms with E-state index in [9.17, 15) is 9.59 Å². The molecule has 1 aromatic rings. The first-order valence-corrected chi connectivity index (χ1v) is 6.07. The van der Waals surface area contributed by atoms with Crippen molar-refractivity contribution in [3.05, 3.63) is 23.5 Å². The predicted molar refractivity (Wildman–Crippen MR) is 66.2 cm³/mol. The van der Waals surface area contributed by atoms with Crippen LogP contribution in [-0.4, -0.2) is 41.0 Å². The highest BCUT2D eigenvalue weighted by atomic mass is 16.5. The minimum Gasteiger partial charge on any atom is -0.467 e. The van der Waals surface area contributed by atoms with E-state index in [0.717, 1.165) is 12.1 Å². The van der Waals surface area contributed by atoms with E-state index in [0.29, 0.717) is 18.7 Å². The Morgan fingerprint density at radius 2 is 2.11 bits per heavy atom. The first-order chi connectivity index (χ1) is 8.56. The summed E-state index contributed by atoms with van der Waals surface area (Å²) in [6.07, 6.45) is 1.52. The SMILES string of the molecule is COC(=O)C1CCCN1C(=O)c1ccc(C)n1C. The van der Waals surface area contributed by atoms with Gasteiger partial charge in [-0.25, -0.2) is 4.79 Å². The van der Waals surface area contributed by atoms with Crippen LogP contribution in [0.4, 0.5) is 0 Å². The molecule has 2 rings (SSSR count). The number of carbonyl (C=O) groups is 2. The number of carbonyl (C=O) groups excluding carboxylic acids is 2. The van der Waals surface area contributed by atoms with Crippen LogP contribution >= 0.6 is 0 Å². The molecule has 1 aromatic heterocycles. The van der Waals surface area contributed by atoms with Crippen molar-refractivity contribution >= 4 is 11.9 Å². The Hall–Kier alpha value is -1.78. The van der Waals surface area contributed by atoms with Crippen LogP contribution in [0.1, 0.15) is 29.0 Å². The molecule has 1 atom stereocenters. The lowest BCUT2D eigenvalue weighted by Crippen LogP contribution is -2.41. The van der Waals surface area contributed by atoms with Crippen LogP contribution in [0, 0.1) is 6.92 Å². The minimum absolute atomic E-state index is 0.0986. The minimum atomic E-state index is -0.433. The Morgan fingerprint density at radius 3 is 2.67 bits per heavy atom. The van der Waals surface area contributed by atoms with Gasteiger partial charge in [0.1, 0.15) is 11.7 Å². The molecule has 1 fully saturated rings. The van der Waals surface area contributed by atoms with E-state index in [4.69, 9.17) is 4.74 Å². The highest BCUT2D eigenvalue weighted by Gasteiger charge is 2.36. The number of nitrogens with zero attached hydrogens (tertiary/aromatic N) is 2. The normalized spacial score (nSPS) is 19.1. The molecule has 1 amide bonds. The van der Waals surface area contributed by atoms with E-state index in [1.54, 1.807) is 11.0 Å². The zero-order valence-electron chi connectivity index (χ0n) is 11.0. The topological polar surface area (TPSA) is 51.5 Å². The van der Waals surface area contributed by atoms with Gasteiger partial charge in [0.25, 0.3) is 5.91 Å². The average Bonchev–Trinajstić information content (AvgIpc) is 2.96. The number of rotatable bonds is 2. The molecule has 0 spiro atoms. The second-order valence-electron chi connectivity index (χ2n) is 4.60. The molecule has 98 valence electrons. The number of aromatic nitrogens is 1. The van der Waals surface area contributed by atoms with E-state index in [1.807, 2.05) is 24.6 Å². The van der Waals surface area contributed by atoms with Crippen LogP contribution in [0.25, 0.3) is 0 Å². The molecule has 1 unspecified atom stereocenters. The lowest BCUT2D eigenvalue weighted by atomic mass is 10.2. The van der Waals surface area contributed by atoms with Gasteiger partial charge >= 0.3 is 5.97 Å². The molecule has 1 aliphatic heterocycles. The summed E-state index contributed by atoms with van der Waals surface area (Å²) in [5, 5.41) is 0. The third-order valence-electron chi connectivity index (χ3n) is 3.58. The van der Waals surface area contributed by atoms with E-state index < -0.39 is 6.04 Å². The Bertz CT molecular complexity index is 479. The van der Waals surface area contributed by atoms with E-state index in [-0.39, 0.29) is 11.9 Å². The summed E-state index contributed by atoms with van der Waals surface area (Å²) in [5.74, 6) is -0.426. The summed E-state index contributed by atoms with van der Waals surface area (Å²) in [6, 6.07) is 3.26. The van der Waals surface area contributed by atoms with Gasteiger partial charge in [0, 0.05) is 19.3 Å². The van der Waals surface area contributed by atoms with Gasteiger partial charge in [0.05, 0.1) is 7.11 Å². The summed E-state index contributed by atoms with van der Waals surface area (Å²) in [7, 11) is 3.21. The molecule has 0 saturated carbocycles. The fourth-order valence-electron chi connectivity index (χ4n) is 2.37. The van der Waals surface area contributed by atoms with Crippen molar-refractivity contribution in [2.24, 2.45) is 7.05 Å². The summed E-state index contributed by atoms with van der Waals surface area (Å²) >= 11 is 0. The number of hydrogen-bond acceptors (Lipinski definition) is 3. The summed E-state index contributed by atoms with van der Waals surface area (Å²) < 4.78 is 6.59. The Balaban J connectivity index is 2.23. The second kappa shape index (κ2) is 4.84.